The van der Waals surface area contributed by atoms with Gasteiger partial charge in [-0.25, -0.2) is 8.78 Å². The molecular formula is C10H20F2N2O2. The third-order valence-corrected chi connectivity index (χ3v) is 1.96. The van der Waals surface area contributed by atoms with Crippen molar-refractivity contribution in [1.82, 2.24) is 10.6 Å². The maximum absolute atomic E-state index is 11.7. The molecule has 6 heteroatoms. The van der Waals surface area contributed by atoms with Crippen LogP contribution >= 0.6 is 0 Å². The van der Waals surface area contributed by atoms with E-state index in [0.717, 1.165) is 0 Å². The Balaban J connectivity index is 3.65. The van der Waals surface area contributed by atoms with Gasteiger partial charge in [-0.05, 0) is 20.4 Å². The summed E-state index contributed by atoms with van der Waals surface area (Å²) in [4.78, 5) is 11.6. The first-order valence-corrected chi connectivity index (χ1v) is 5.29. The molecule has 0 aromatic carbocycles. The number of likely N-dealkylation sites (N-methyl/N-ethyl adjacent to an activating group) is 1. The molecule has 1 amide bonds. The molecule has 0 aliphatic carbocycles. The predicted octanol–water partition coefficient (Wildman–Crippen LogP) is 0.772. The van der Waals surface area contributed by atoms with E-state index in [2.05, 4.69) is 15.4 Å². The van der Waals surface area contributed by atoms with Gasteiger partial charge in [-0.3, -0.25) is 4.79 Å². The molecule has 0 aromatic rings. The highest BCUT2D eigenvalue weighted by atomic mass is 19.3. The minimum Gasteiger partial charge on any atom is -0.374 e. The van der Waals surface area contributed by atoms with E-state index in [4.69, 9.17) is 0 Å². The summed E-state index contributed by atoms with van der Waals surface area (Å²) in [7, 11) is 0. The number of hydrogen-bond donors (Lipinski definition) is 2. The van der Waals surface area contributed by atoms with Gasteiger partial charge in [0, 0.05) is 6.54 Å². The van der Waals surface area contributed by atoms with Crippen molar-refractivity contribution in [3.63, 3.8) is 0 Å². The molecule has 0 saturated carbocycles. The minimum absolute atomic E-state index is 0.0955. The van der Waals surface area contributed by atoms with Crippen molar-refractivity contribution in [3.05, 3.63) is 0 Å². The van der Waals surface area contributed by atoms with Gasteiger partial charge in [-0.1, -0.05) is 6.92 Å². The number of ether oxygens (including phenoxy) is 1. The van der Waals surface area contributed by atoms with Crippen molar-refractivity contribution < 1.29 is 18.3 Å². The highest BCUT2D eigenvalue weighted by Gasteiger charge is 2.25. The first-order chi connectivity index (χ1) is 7.40. The molecule has 0 atom stereocenters. The monoisotopic (exact) mass is 238 g/mol. The third kappa shape index (κ3) is 6.68. The fraction of sp³-hybridized carbons (Fsp3) is 0.900. The molecule has 0 spiro atoms. The molecular weight excluding hydrogens is 218 g/mol. The fourth-order valence-electron chi connectivity index (χ4n) is 1.15. The number of carbonyl (C=O) groups excluding carboxylic acids is 1. The molecule has 0 fully saturated rings. The first-order valence-electron chi connectivity index (χ1n) is 5.29. The zero-order valence-electron chi connectivity index (χ0n) is 9.98. The van der Waals surface area contributed by atoms with Crippen LogP contribution in [0.3, 0.4) is 0 Å². The number of rotatable bonds is 8. The van der Waals surface area contributed by atoms with E-state index in [1.807, 2.05) is 6.92 Å². The summed E-state index contributed by atoms with van der Waals surface area (Å²) in [6.07, 6.45) is -2.46. The number of nitrogens with one attached hydrogen (secondary N) is 2. The quantitative estimate of drug-likeness (QED) is 0.614. The van der Waals surface area contributed by atoms with E-state index >= 15 is 0 Å². The molecule has 0 aromatic heterocycles. The second-order valence-corrected chi connectivity index (χ2v) is 3.88. The van der Waals surface area contributed by atoms with Crippen molar-refractivity contribution >= 4 is 5.91 Å². The van der Waals surface area contributed by atoms with Crippen LogP contribution in [0.1, 0.15) is 20.8 Å². The smallest absolute Gasteiger partial charge is 0.261 e. The van der Waals surface area contributed by atoms with Gasteiger partial charge in [0.1, 0.15) is 6.61 Å². The molecule has 0 radical (unpaired) electrons. The van der Waals surface area contributed by atoms with Gasteiger partial charge in [0.2, 0.25) is 5.91 Å². The van der Waals surface area contributed by atoms with Crippen LogP contribution in [0.2, 0.25) is 0 Å². The molecule has 0 unspecified atom stereocenters. The second-order valence-electron chi connectivity index (χ2n) is 3.88. The average Bonchev–Trinajstić information content (AvgIpc) is 2.16. The van der Waals surface area contributed by atoms with E-state index in [0.29, 0.717) is 6.54 Å². The van der Waals surface area contributed by atoms with Crippen LogP contribution in [-0.2, 0) is 9.53 Å². The molecule has 0 bridgehead atoms. The van der Waals surface area contributed by atoms with Crippen LogP contribution in [0.4, 0.5) is 8.78 Å². The number of amides is 1. The lowest BCUT2D eigenvalue weighted by molar-refractivity contribution is -0.126. The fourth-order valence-corrected chi connectivity index (χ4v) is 1.15. The molecule has 2 N–H and O–H groups in total. The van der Waals surface area contributed by atoms with Gasteiger partial charge < -0.3 is 15.4 Å². The Morgan fingerprint density at radius 3 is 2.56 bits per heavy atom. The van der Waals surface area contributed by atoms with Gasteiger partial charge in [-0.15, -0.1) is 0 Å². The van der Waals surface area contributed by atoms with Crippen molar-refractivity contribution in [2.24, 2.45) is 0 Å². The van der Waals surface area contributed by atoms with Crippen LogP contribution < -0.4 is 10.6 Å². The maximum Gasteiger partial charge on any atom is 0.261 e. The minimum atomic E-state index is -2.46. The number of alkyl halides is 2. The molecule has 0 saturated heterocycles. The summed E-state index contributed by atoms with van der Waals surface area (Å²) in [5.41, 5.74) is -0.655. The Hall–Kier alpha value is -0.750. The lowest BCUT2D eigenvalue weighted by atomic mass is 10.1. The van der Waals surface area contributed by atoms with Gasteiger partial charge in [0.15, 0.2) is 0 Å². The summed E-state index contributed by atoms with van der Waals surface area (Å²) in [5, 5.41) is 5.62. The standard InChI is InChI=1S/C10H20F2N2O2/c1-4-14-10(2,3)9(15)13-5-6-16-7-8(11)12/h8,14H,4-7H2,1-3H3,(H,13,15). The van der Waals surface area contributed by atoms with Gasteiger partial charge >= 0.3 is 0 Å². The van der Waals surface area contributed by atoms with Crippen LogP contribution in [0.15, 0.2) is 0 Å². The average molecular weight is 238 g/mol. The van der Waals surface area contributed by atoms with E-state index in [9.17, 15) is 13.6 Å². The van der Waals surface area contributed by atoms with Crippen molar-refractivity contribution in [3.8, 4) is 0 Å². The van der Waals surface area contributed by atoms with E-state index in [-0.39, 0.29) is 19.1 Å². The Kier molecular flexibility index (Phi) is 7.16. The number of hydrogen-bond acceptors (Lipinski definition) is 3. The highest BCUT2D eigenvalue weighted by Crippen LogP contribution is 2.00. The molecule has 4 nitrogen and oxygen atoms in total. The van der Waals surface area contributed by atoms with Crippen molar-refractivity contribution in [2.75, 3.05) is 26.3 Å². The number of halogens is 2. The van der Waals surface area contributed by atoms with Crippen LogP contribution in [0.5, 0.6) is 0 Å². The normalized spacial score (nSPS) is 11.9. The second kappa shape index (κ2) is 7.51. The van der Waals surface area contributed by atoms with E-state index in [1.165, 1.54) is 0 Å². The third-order valence-electron chi connectivity index (χ3n) is 1.96. The van der Waals surface area contributed by atoms with Crippen LogP contribution in [-0.4, -0.2) is 44.2 Å². The zero-order valence-corrected chi connectivity index (χ0v) is 9.98. The SMILES string of the molecule is CCNC(C)(C)C(=O)NCCOCC(F)F. The molecule has 0 aliphatic heterocycles. The lowest BCUT2D eigenvalue weighted by Gasteiger charge is -2.24. The molecule has 96 valence electrons. The highest BCUT2D eigenvalue weighted by molar-refractivity contribution is 5.85. The maximum atomic E-state index is 11.7. The topological polar surface area (TPSA) is 50.4 Å². The molecule has 16 heavy (non-hydrogen) atoms. The summed E-state index contributed by atoms with van der Waals surface area (Å²) in [6.45, 7) is 5.84. The van der Waals surface area contributed by atoms with Gasteiger partial charge in [0.25, 0.3) is 6.43 Å². The summed E-state index contributed by atoms with van der Waals surface area (Å²) < 4.78 is 28.0. The van der Waals surface area contributed by atoms with Crippen molar-refractivity contribution in [2.45, 2.75) is 32.7 Å². The largest absolute Gasteiger partial charge is 0.374 e. The summed E-state index contributed by atoms with van der Waals surface area (Å²) in [5.74, 6) is -0.171. The van der Waals surface area contributed by atoms with Gasteiger partial charge in [0.05, 0.1) is 12.1 Å². The van der Waals surface area contributed by atoms with Crippen LogP contribution in [0.25, 0.3) is 0 Å². The summed E-state index contributed by atoms with van der Waals surface area (Å²) in [6, 6.07) is 0. The van der Waals surface area contributed by atoms with Gasteiger partial charge in [-0.2, -0.15) is 0 Å². The van der Waals surface area contributed by atoms with Crippen LogP contribution in [0, 0.1) is 0 Å². The van der Waals surface area contributed by atoms with E-state index in [1.54, 1.807) is 13.8 Å². The Morgan fingerprint density at radius 2 is 2.06 bits per heavy atom. The molecule has 0 heterocycles. The first kappa shape index (κ1) is 15.2. The predicted molar refractivity (Wildman–Crippen MR) is 57.6 cm³/mol. The lowest BCUT2D eigenvalue weighted by Crippen LogP contribution is -2.53. The Bertz CT molecular complexity index is 211. The molecule has 0 aliphatic rings. The Labute approximate surface area is 94.7 Å². The van der Waals surface area contributed by atoms with Crippen molar-refractivity contribution in [1.29, 1.82) is 0 Å². The molecule has 0 rings (SSSR count). The number of carbonyl (C=O) groups is 1. The Morgan fingerprint density at radius 1 is 1.44 bits per heavy atom. The van der Waals surface area contributed by atoms with E-state index < -0.39 is 18.6 Å². The zero-order chi connectivity index (χ0) is 12.6. The summed E-state index contributed by atoms with van der Waals surface area (Å²) >= 11 is 0.